The SMILES string of the molecule is COc1ccc(N2C(=O)C(=O)/C(=C(\O)c3c[nH]c4ccccc34)C2c2ccccc2)cc1. The van der Waals surface area contributed by atoms with Crippen LogP contribution in [0.1, 0.15) is 17.2 Å². The van der Waals surface area contributed by atoms with Crippen molar-refractivity contribution in [1.82, 2.24) is 4.98 Å². The van der Waals surface area contributed by atoms with Crippen molar-refractivity contribution in [3.8, 4) is 5.75 Å². The average Bonchev–Trinajstić information content (AvgIpc) is 3.38. The summed E-state index contributed by atoms with van der Waals surface area (Å²) >= 11 is 0. The molecule has 1 atom stereocenters. The number of aromatic nitrogens is 1. The third kappa shape index (κ3) is 3.04. The Morgan fingerprint density at radius 2 is 1.62 bits per heavy atom. The van der Waals surface area contributed by atoms with Crippen LogP contribution in [-0.2, 0) is 9.59 Å². The lowest BCUT2D eigenvalue weighted by Crippen LogP contribution is -2.29. The van der Waals surface area contributed by atoms with E-state index in [9.17, 15) is 14.7 Å². The number of hydrogen-bond acceptors (Lipinski definition) is 4. The average molecular weight is 424 g/mol. The molecule has 1 amide bonds. The minimum absolute atomic E-state index is 0.0572. The van der Waals surface area contributed by atoms with Crippen molar-refractivity contribution in [3.05, 3.63) is 102 Å². The number of ketones is 1. The molecule has 1 fully saturated rings. The molecular formula is C26H20N2O4. The third-order valence-corrected chi connectivity index (χ3v) is 5.75. The second kappa shape index (κ2) is 7.74. The maximum Gasteiger partial charge on any atom is 0.300 e. The number of nitrogens with one attached hydrogen (secondary N) is 1. The molecule has 1 aliphatic heterocycles. The molecule has 0 aliphatic carbocycles. The number of carbonyl (C=O) groups is 2. The van der Waals surface area contributed by atoms with Crippen LogP contribution < -0.4 is 9.64 Å². The van der Waals surface area contributed by atoms with Crippen LogP contribution in [0.2, 0.25) is 0 Å². The number of para-hydroxylation sites is 1. The first-order valence-corrected chi connectivity index (χ1v) is 10.2. The van der Waals surface area contributed by atoms with E-state index in [4.69, 9.17) is 4.74 Å². The smallest absolute Gasteiger partial charge is 0.300 e. The number of nitrogens with zero attached hydrogens (tertiary/aromatic N) is 1. The summed E-state index contributed by atoms with van der Waals surface area (Å²) in [4.78, 5) is 30.9. The Balaban J connectivity index is 1.73. The van der Waals surface area contributed by atoms with Crippen molar-refractivity contribution in [1.29, 1.82) is 0 Å². The number of amides is 1. The van der Waals surface area contributed by atoms with Gasteiger partial charge in [0.1, 0.15) is 11.5 Å². The second-order valence-corrected chi connectivity index (χ2v) is 7.53. The molecule has 5 rings (SSSR count). The number of ether oxygens (including phenoxy) is 1. The van der Waals surface area contributed by atoms with E-state index in [1.54, 1.807) is 37.6 Å². The molecule has 4 aromatic rings. The molecule has 1 unspecified atom stereocenters. The van der Waals surface area contributed by atoms with Gasteiger partial charge in [-0.05, 0) is 35.9 Å². The Bertz CT molecular complexity index is 1350. The normalized spacial score (nSPS) is 17.8. The fourth-order valence-electron chi connectivity index (χ4n) is 4.20. The van der Waals surface area contributed by atoms with E-state index in [1.165, 1.54) is 4.90 Å². The van der Waals surface area contributed by atoms with Crippen LogP contribution in [0, 0.1) is 0 Å². The van der Waals surface area contributed by atoms with Gasteiger partial charge in [-0.15, -0.1) is 0 Å². The zero-order valence-corrected chi connectivity index (χ0v) is 17.3. The maximum absolute atomic E-state index is 13.2. The first-order chi connectivity index (χ1) is 15.6. The number of H-pyrrole nitrogens is 1. The van der Waals surface area contributed by atoms with Crippen molar-refractivity contribution in [2.45, 2.75) is 6.04 Å². The van der Waals surface area contributed by atoms with Crippen molar-refractivity contribution in [2.75, 3.05) is 12.0 Å². The fourth-order valence-corrected chi connectivity index (χ4v) is 4.20. The monoisotopic (exact) mass is 424 g/mol. The molecule has 6 nitrogen and oxygen atoms in total. The molecule has 0 spiro atoms. The Morgan fingerprint density at radius 3 is 2.34 bits per heavy atom. The van der Waals surface area contributed by atoms with Crippen LogP contribution in [0.25, 0.3) is 16.7 Å². The highest BCUT2D eigenvalue weighted by atomic mass is 16.5. The molecule has 1 aliphatic rings. The van der Waals surface area contributed by atoms with Gasteiger partial charge < -0.3 is 14.8 Å². The Labute approximate surface area is 184 Å². The topological polar surface area (TPSA) is 82.6 Å². The van der Waals surface area contributed by atoms with Crippen LogP contribution in [0.4, 0.5) is 5.69 Å². The van der Waals surface area contributed by atoms with E-state index >= 15 is 0 Å². The highest BCUT2D eigenvalue weighted by Gasteiger charge is 2.47. The number of anilines is 1. The fraction of sp³-hybridized carbons (Fsp3) is 0.0769. The van der Waals surface area contributed by atoms with Crippen molar-refractivity contribution >= 4 is 34.0 Å². The standard InChI is InChI=1S/C26H20N2O4/c1-32-18-13-11-17(12-14-18)28-23(16-7-3-2-4-8-16)22(25(30)26(28)31)24(29)20-15-27-21-10-6-5-9-19(20)21/h2-15,23,27,29H,1H3/b24-22-. The molecule has 0 radical (unpaired) electrons. The number of hydrogen-bond donors (Lipinski definition) is 2. The summed E-state index contributed by atoms with van der Waals surface area (Å²) < 4.78 is 5.22. The lowest BCUT2D eigenvalue weighted by atomic mass is 9.95. The number of benzene rings is 3. The molecule has 32 heavy (non-hydrogen) atoms. The number of rotatable bonds is 4. The molecule has 2 heterocycles. The van der Waals surface area contributed by atoms with Gasteiger partial charge in [0.25, 0.3) is 11.7 Å². The predicted molar refractivity (Wildman–Crippen MR) is 123 cm³/mol. The predicted octanol–water partition coefficient (Wildman–Crippen LogP) is 4.80. The van der Waals surface area contributed by atoms with Crippen LogP contribution in [0.15, 0.2) is 90.6 Å². The van der Waals surface area contributed by atoms with Crippen molar-refractivity contribution < 1.29 is 19.4 Å². The Morgan fingerprint density at radius 1 is 0.938 bits per heavy atom. The van der Waals surface area contributed by atoms with Gasteiger partial charge in [-0.3, -0.25) is 14.5 Å². The maximum atomic E-state index is 13.2. The van der Waals surface area contributed by atoms with Gasteiger partial charge in [-0.1, -0.05) is 48.5 Å². The summed E-state index contributed by atoms with van der Waals surface area (Å²) in [5.41, 5.74) is 2.63. The van der Waals surface area contributed by atoms with E-state index in [0.29, 0.717) is 17.0 Å². The van der Waals surface area contributed by atoms with Gasteiger partial charge in [0.15, 0.2) is 0 Å². The summed E-state index contributed by atoms with van der Waals surface area (Å²) in [7, 11) is 1.56. The van der Waals surface area contributed by atoms with Crippen molar-refractivity contribution in [2.24, 2.45) is 0 Å². The Kier molecular flexibility index (Phi) is 4.75. The van der Waals surface area contributed by atoms with Crippen molar-refractivity contribution in [3.63, 3.8) is 0 Å². The lowest BCUT2D eigenvalue weighted by molar-refractivity contribution is -0.132. The van der Waals surface area contributed by atoms with Gasteiger partial charge in [-0.25, -0.2) is 0 Å². The molecule has 6 heteroatoms. The minimum Gasteiger partial charge on any atom is -0.507 e. The van der Waals surface area contributed by atoms with Crippen LogP contribution in [-0.4, -0.2) is 28.9 Å². The largest absolute Gasteiger partial charge is 0.507 e. The molecular weight excluding hydrogens is 404 g/mol. The van der Waals surface area contributed by atoms with Crippen LogP contribution in [0.3, 0.4) is 0 Å². The van der Waals surface area contributed by atoms with E-state index in [0.717, 1.165) is 16.5 Å². The summed E-state index contributed by atoms with van der Waals surface area (Å²) in [5, 5.41) is 12.1. The highest BCUT2D eigenvalue weighted by Crippen LogP contribution is 2.43. The zero-order chi connectivity index (χ0) is 22.2. The quantitative estimate of drug-likeness (QED) is 0.280. The van der Waals surface area contributed by atoms with Gasteiger partial charge >= 0.3 is 0 Å². The van der Waals surface area contributed by atoms with Crippen LogP contribution in [0.5, 0.6) is 5.75 Å². The number of aliphatic hydroxyl groups excluding tert-OH is 1. The summed E-state index contributed by atoms with van der Waals surface area (Å²) in [6, 6.07) is 22.9. The summed E-state index contributed by atoms with van der Waals surface area (Å²) in [5.74, 6) is -0.978. The lowest BCUT2D eigenvalue weighted by Gasteiger charge is -2.25. The first kappa shape index (κ1) is 19.6. The van der Waals surface area contributed by atoms with E-state index < -0.39 is 17.7 Å². The van der Waals surface area contributed by atoms with E-state index in [1.807, 2.05) is 54.6 Å². The third-order valence-electron chi connectivity index (χ3n) is 5.75. The van der Waals surface area contributed by atoms with Gasteiger partial charge in [-0.2, -0.15) is 0 Å². The molecule has 1 saturated heterocycles. The van der Waals surface area contributed by atoms with Gasteiger partial charge in [0.2, 0.25) is 0 Å². The zero-order valence-electron chi connectivity index (χ0n) is 17.3. The summed E-state index contributed by atoms with van der Waals surface area (Å²) in [6.45, 7) is 0. The highest BCUT2D eigenvalue weighted by molar-refractivity contribution is 6.51. The number of carbonyl (C=O) groups excluding carboxylic acids is 2. The number of aromatic amines is 1. The van der Waals surface area contributed by atoms with Crippen LogP contribution >= 0.6 is 0 Å². The minimum atomic E-state index is -0.766. The first-order valence-electron chi connectivity index (χ1n) is 10.2. The number of fused-ring (bicyclic) bond motifs is 1. The number of methoxy groups -OCH3 is 1. The molecule has 2 N–H and O–H groups in total. The molecule has 0 saturated carbocycles. The second-order valence-electron chi connectivity index (χ2n) is 7.53. The Hall–Kier alpha value is -4.32. The van der Waals surface area contributed by atoms with E-state index in [-0.39, 0.29) is 11.3 Å². The molecule has 1 aromatic heterocycles. The number of aliphatic hydroxyl groups is 1. The molecule has 0 bridgehead atoms. The number of Topliss-reactive ketones (excluding diaryl/α,β-unsaturated/α-hetero) is 1. The summed E-state index contributed by atoms with van der Waals surface area (Å²) in [6.07, 6.45) is 1.66. The molecule has 158 valence electrons. The van der Waals surface area contributed by atoms with E-state index in [2.05, 4.69) is 4.98 Å². The van der Waals surface area contributed by atoms with Gasteiger partial charge in [0, 0.05) is 28.4 Å². The molecule has 3 aromatic carbocycles. The van der Waals surface area contributed by atoms with Gasteiger partial charge in [0.05, 0.1) is 18.7 Å².